The van der Waals surface area contributed by atoms with Crippen LogP contribution in [0.15, 0.2) is 78.9 Å². The number of fused-ring (bicyclic) bond motifs is 3. The third-order valence-corrected chi connectivity index (χ3v) is 7.21. The van der Waals surface area contributed by atoms with Gasteiger partial charge in [0.2, 0.25) is 5.91 Å². The summed E-state index contributed by atoms with van der Waals surface area (Å²) in [7, 11) is 3.70. The van der Waals surface area contributed by atoms with Crippen molar-refractivity contribution in [3.05, 3.63) is 95.6 Å². The highest BCUT2D eigenvalue weighted by Crippen LogP contribution is 2.44. The molecular formula is C32H37N3O6. The summed E-state index contributed by atoms with van der Waals surface area (Å²) in [5.74, 6) is -1.98. The highest BCUT2D eigenvalue weighted by Gasteiger charge is 2.32. The Balaban J connectivity index is 1.39. The van der Waals surface area contributed by atoms with Gasteiger partial charge in [0.05, 0.1) is 12.7 Å². The Hall–Kier alpha value is -4.21. The van der Waals surface area contributed by atoms with Gasteiger partial charge < -0.3 is 30.1 Å². The first kappa shape index (κ1) is 29.8. The molecule has 1 aliphatic rings. The number of ether oxygens (including phenoxy) is 2. The molecule has 3 aromatic carbocycles. The van der Waals surface area contributed by atoms with E-state index in [-0.39, 0.29) is 25.6 Å². The Labute approximate surface area is 240 Å². The highest BCUT2D eigenvalue weighted by atomic mass is 16.5. The quantitative estimate of drug-likeness (QED) is 0.290. The van der Waals surface area contributed by atoms with Crippen molar-refractivity contribution in [3.8, 4) is 11.1 Å². The van der Waals surface area contributed by atoms with E-state index in [1.807, 2.05) is 85.7 Å². The van der Waals surface area contributed by atoms with Gasteiger partial charge in [0.25, 0.3) is 0 Å². The van der Waals surface area contributed by atoms with Gasteiger partial charge in [-0.25, -0.2) is 9.59 Å². The Bertz CT molecular complexity index is 1300. The van der Waals surface area contributed by atoms with E-state index in [1.54, 1.807) is 6.92 Å². The lowest BCUT2D eigenvalue weighted by atomic mass is 9.98. The zero-order chi connectivity index (χ0) is 29.4. The molecule has 0 fully saturated rings. The number of amides is 2. The van der Waals surface area contributed by atoms with E-state index in [0.717, 1.165) is 27.8 Å². The lowest BCUT2D eigenvalue weighted by molar-refractivity contribution is -0.146. The number of carbonyl (C=O) groups is 3. The van der Waals surface area contributed by atoms with Gasteiger partial charge in [0.1, 0.15) is 12.6 Å². The zero-order valence-corrected chi connectivity index (χ0v) is 23.6. The van der Waals surface area contributed by atoms with Crippen LogP contribution >= 0.6 is 0 Å². The molecule has 0 saturated heterocycles. The van der Waals surface area contributed by atoms with Gasteiger partial charge in [0, 0.05) is 5.92 Å². The van der Waals surface area contributed by atoms with Gasteiger partial charge in [0.15, 0.2) is 6.04 Å². The van der Waals surface area contributed by atoms with E-state index in [2.05, 4.69) is 22.8 Å². The van der Waals surface area contributed by atoms with Gasteiger partial charge in [-0.2, -0.15) is 0 Å². The van der Waals surface area contributed by atoms with Crippen molar-refractivity contribution in [2.24, 2.45) is 0 Å². The number of carboxylic acid groups (broad SMARTS) is 1. The fraction of sp³-hybridized carbons (Fsp3) is 0.344. The van der Waals surface area contributed by atoms with Crippen LogP contribution in [0.3, 0.4) is 0 Å². The maximum atomic E-state index is 13.3. The average molecular weight is 560 g/mol. The number of aliphatic carboxylic acids is 1. The van der Waals surface area contributed by atoms with Crippen LogP contribution < -0.4 is 10.6 Å². The van der Waals surface area contributed by atoms with Gasteiger partial charge in [-0.15, -0.1) is 0 Å². The number of hydrogen-bond donors (Lipinski definition) is 3. The van der Waals surface area contributed by atoms with Crippen LogP contribution in [0.25, 0.3) is 11.1 Å². The molecule has 3 aromatic rings. The first-order valence-electron chi connectivity index (χ1n) is 13.7. The number of carboxylic acids is 1. The third kappa shape index (κ3) is 7.71. The Morgan fingerprint density at radius 1 is 0.878 bits per heavy atom. The number of carbonyl (C=O) groups excluding carboxylic acids is 2. The van der Waals surface area contributed by atoms with E-state index in [0.29, 0.717) is 6.54 Å². The summed E-state index contributed by atoms with van der Waals surface area (Å²) in [6.07, 6.45) is -1.30. The number of benzene rings is 3. The molecule has 9 nitrogen and oxygen atoms in total. The summed E-state index contributed by atoms with van der Waals surface area (Å²) in [6.45, 7) is 2.38. The van der Waals surface area contributed by atoms with Crippen LogP contribution in [0.5, 0.6) is 0 Å². The van der Waals surface area contributed by atoms with Gasteiger partial charge in [-0.3, -0.25) is 4.79 Å². The molecule has 216 valence electrons. The molecule has 0 bridgehead atoms. The summed E-state index contributed by atoms with van der Waals surface area (Å²) in [5, 5.41) is 15.0. The molecule has 3 N–H and O–H groups in total. The maximum absolute atomic E-state index is 13.3. The Kier molecular flexibility index (Phi) is 10.1. The van der Waals surface area contributed by atoms with Gasteiger partial charge in [-0.05, 0) is 61.8 Å². The second-order valence-corrected chi connectivity index (χ2v) is 10.4. The first-order valence-corrected chi connectivity index (χ1v) is 13.7. The van der Waals surface area contributed by atoms with Crippen LogP contribution in [-0.4, -0.2) is 73.4 Å². The molecule has 0 spiro atoms. The first-order chi connectivity index (χ1) is 19.7. The third-order valence-electron chi connectivity index (χ3n) is 7.21. The predicted molar refractivity (Wildman–Crippen MR) is 155 cm³/mol. The minimum absolute atomic E-state index is 0.101. The van der Waals surface area contributed by atoms with E-state index in [9.17, 15) is 19.5 Å². The minimum atomic E-state index is -1.31. The summed E-state index contributed by atoms with van der Waals surface area (Å²) >= 11 is 0. The number of hydrogen-bond acceptors (Lipinski definition) is 6. The molecule has 1 unspecified atom stereocenters. The van der Waals surface area contributed by atoms with Gasteiger partial charge >= 0.3 is 12.1 Å². The SMILES string of the molecule is C[C@H](OCc1ccccc1)[C@@H](NC(=O)C(CCN(C)C)NC(=O)OCC1c2ccccc2-c2ccccc21)C(=O)O. The van der Waals surface area contributed by atoms with Crippen molar-refractivity contribution in [1.29, 1.82) is 0 Å². The summed E-state index contributed by atoms with van der Waals surface area (Å²) in [5.41, 5.74) is 5.28. The van der Waals surface area contributed by atoms with E-state index in [1.165, 1.54) is 0 Å². The normalized spacial score (nSPS) is 14.4. The van der Waals surface area contributed by atoms with Crippen molar-refractivity contribution >= 4 is 18.0 Å². The van der Waals surface area contributed by atoms with Gasteiger partial charge in [-0.1, -0.05) is 78.9 Å². The second-order valence-electron chi connectivity index (χ2n) is 10.4. The van der Waals surface area contributed by atoms with E-state index >= 15 is 0 Å². The van der Waals surface area contributed by atoms with Crippen LogP contribution in [0.4, 0.5) is 4.79 Å². The molecule has 0 aliphatic heterocycles. The summed E-state index contributed by atoms with van der Waals surface area (Å²) in [6, 6.07) is 23.1. The zero-order valence-electron chi connectivity index (χ0n) is 23.6. The molecule has 0 aromatic heterocycles. The molecule has 9 heteroatoms. The molecule has 41 heavy (non-hydrogen) atoms. The van der Waals surface area contributed by atoms with Crippen LogP contribution in [-0.2, 0) is 25.7 Å². The second kappa shape index (κ2) is 13.9. The number of nitrogens with one attached hydrogen (secondary N) is 2. The fourth-order valence-electron chi connectivity index (χ4n) is 4.97. The molecular weight excluding hydrogens is 522 g/mol. The van der Waals surface area contributed by atoms with Crippen molar-refractivity contribution in [2.45, 2.75) is 44.1 Å². The predicted octanol–water partition coefficient (Wildman–Crippen LogP) is 4.02. The standard InChI is InChI=1S/C32H37N3O6/c1-21(40-19-22-11-5-4-6-12-22)29(31(37)38)34-30(36)28(17-18-35(2)3)33-32(39)41-20-27-25-15-9-7-13-23(25)24-14-8-10-16-26(24)27/h4-16,21,27-29H,17-20H2,1-3H3,(H,33,39)(H,34,36)(H,37,38)/t21-,28?,29+/m0/s1. The number of alkyl carbamates (subject to hydrolysis) is 1. The Morgan fingerprint density at radius 3 is 2.05 bits per heavy atom. The number of rotatable bonds is 13. The fourth-order valence-corrected chi connectivity index (χ4v) is 4.97. The summed E-state index contributed by atoms with van der Waals surface area (Å²) in [4.78, 5) is 40.1. The largest absolute Gasteiger partial charge is 0.480 e. The van der Waals surface area contributed by atoms with Crippen molar-refractivity contribution in [1.82, 2.24) is 15.5 Å². The molecule has 0 saturated carbocycles. The molecule has 0 radical (unpaired) electrons. The van der Waals surface area contributed by atoms with Crippen molar-refractivity contribution in [2.75, 3.05) is 27.2 Å². The highest BCUT2D eigenvalue weighted by molar-refractivity contribution is 5.89. The molecule has 2 amide bonds. The molecule has 3 atom stereocenters. The average Bonchev–Trinajstić information content (AvgIpc) is 3.29. The molecule has 4 rings (SSSR count). The van der Waals surface area contributed by atoms with Crippen molar-refractivity contribution in [3.63, 3.8) is 0 Å². The monoisotopic (exact) mass is 559 g/mol. The van der Waals surface area contributed by atoms with E-state index < -0.39 is 36.2 Å². The molecule has 0 heterocycles. The smallest absolute Gasteiger partial charge is 0.407 e. The maximum Gasteiger partial charge on any atom is 0.407 e. The lowest BCUT2D eigenvalue weighted by Gasteiger charge is -2.26. The molecule has 1 aliphatic carbocycles. The minimum Gasteiger partial charge on any atom is -0.480 e. The number of nitrogens with zero attached hydrogens (tertiary/aromatic N) is 1. The van der Waals surface area contributed by atoms with Crippen molar-refractivity contribution < 1.29 is 29.0 Å². The van der Waals surface area contributed by atoms with E-state index in [4.69, 9.17) is 9.47 Å². The van der Waals surface area contributed by atoms with Crippen LogP contribution in [0.2, 0.25) is 0 Å². The topological polar surface area (TPSA) is 117 Å². The van der Waals surface area contributed by atoms with Crippen LogP contribution in [0, 0.1) is 0 Å². The van der Waals surface area contributed by atoms with Crippen LogP contribution in [0.1, 0.15) is 36.0 Å². The Morgan fingerprint density at radius 2 is 1.46 bits per heavy atom. The summed E-state index contributed by atoms with van der Waals surface area (Å²) < 4.78 is 11.4. The lowest BCUT2D eigenvalue weighted by Crippen LogP contribution is -2.55.